The normalized spacial score (nSPS) is 18.2. The zero-order valence-electron chi connectivity index (χ0n) is 9.78. The second kappa shape index (κ2) is 7.52. The van der Waals surface area contributed by atoms with Gasteiger partial charge in [0, 0.05) is 12.8 Å². The Labute approximate surface area is 99.8 Å². The van der Waals surface area contributed by atoms with Crippen molar-refractivity contribution in [3.05, 3.63) is 12.2 Å². The van der Waals surface area contributed by atoms with E-state index in [-0.39, 0.29) is 24.2 Å². The molecule has 0 aromatic heterocycles. The highest BCUT2D eigenvalue weighted by Crippen LogP contribution is 2.13. The molecule has 0 saturated carbocycles. The quantitative estimate of drug-likeness (QED) is 0.328. The summed E-state index contributed by atoms with van der Waals surface area (Å²) in [6.45, 7) is 4.36. The molecular formula is C11H20O6. The van der Waals surface area contributed by atoms with Crippen LogP contribution in [0.3, 0.4) is 0 Å². The van der Waals surface area contributed by atoms with Crippen LogP contribution < -0.4 is 0 Å². The SMILES string of the molecule is C=C(CC(O)C(O)C(O)C(O)CO)C(=O)CC. The smallest absolute Gasteiger partial charge is 0.158 e. The number of ketones is 1. The van der Waals surface area contributed by atoms with E-state index < -0.39 is 31.0 Å². The minimum Gasteiger partial charge on any atom is -0.394 e. The number of carbonyl (C=O) groups is 1. The third kappa shape index (κ3) is 4.93. The van der Waals surface area contributed by atoms with E-state index in [1.165, 1.54) is 0 Å². The fraction of sp³-hybridized carbons (Fsp3) is 0.727. The molecule has 0 aliphatic heterocycles. The van der Waals surface area contributed by atoms with Crippen molar-refractivity contribution in [3.63, 3.8) is 0 Å². The molecule has 0 aliphatic carbocycles. The van der Waals surface area contributed by atoms with Gasteiger partial charge in [-0.1, -0.05) is 13.5 Å². The summed E-state index contributed by atoms with van der Waals surface area (Å²) in [5.41, 5.74) is 0.143. The number of rotatable bonds is 8. The number of aliphatic hydroxyl groups is 5. The van der Waals surface area contributed by atoms with Crippen LogP contribution in [-0.2, 0) is 4.79 Å². The Bertz CT molecular complexity index is 265. The highest BCUT2D eigenvalue weighted by molar-refractivity contribution is 5.94. The van der Waals surface area contributed by atoms with Crippen molar-refractivity contribution in [3.8, 4) is 0 Å². The molecule has 0 aromatic carbocycles. The van der Waals surface area contributed by atoms with Gasteiger partial charge in [0.15, 0.2) is 5.78 Å². The van der Waals surface area contributed by atoms with Crippen molar-refractivity contribution >= 4 is 5.78 Å². The molecule has 4 unspecified atom stereocenters. The van der Waals surface area contributed by atoms with Crippen LogP contribution in [0.25, 0.3) is 0 Å². The van der Waals surface area contributed by atoms with Crippen molar-refractivity contribution in [2.45, 2.75) is 44.2 Å². The largest absolute Gasteiger partial charge is 0.394 e. The fourth-order valence-electron chi connectivity index (χ4n) is 1.30. The predicted octanol–water partition coefficient (Wildman–Crippen LogP) is -1.65. The molecule has 0 radical (unpaired) electrons. The van der Waals surface area contributed by atoms with Gasteiger partial charge in [-0.25, -0.2) is 0 Å². The molecule has 0 aromatic rings. The first-order chi connectivity index (χ1) is 7.84. The highest BCUT2D eigenvalue weighted by Gasteiger charge is 2.30. The molecule has 6 nitrogen and oxygen atoms in total. The van der Waals surface area contributed by atoms with Gasteiger partial charge in [-0.05, 0) is 5.57 Å². The second-order valence-electron chi connectivity index (χ2n) is 3.88. The standard InChI is InChI=1S/C11H20O6/c1-3-7(13)6(2)4-8(14)10(16)11(17)9(15)5-12/h8-12,14-17H,2-5H2,1H3. The van der Waals surface area contributed by atoms with E-state index in [1.54, 1.807) is 6.92 Å². The van der Waals surface area contributed by atoms with E-state index in [9.17, 15) is 20.1 Å². The maximum absolute atomic E-state index is 11.2. The molecule has 0 saturated heterocycles. The second-order valence-corrected chi connectivity index (χ2v) is 3.88. The fourth-order valence-corrected chi connectivity index (χ4v) is 1.30. The number of hydrogen-bond acceptors (Lipinski definition) is 6. The summed E-state index contributed by atoms with van der Waals surface area (Å²) < 4.78 is 0. The minimum atomic E-state index is -1.68. The van der Waals surface area contributed by atoms with Crippen molar-refractivity contribution < 1.29 is 30.3 Å². The van der Waals surface area contributed by atoms with Gasteiger partial charge in [0.2, 0.25) is 0 Å². The lowest BCUT2D eigenvalue weighted by molar-refractivity contribution is -0.120. The van der Waals surface area contributed by atoms with E-state index in [4.69, 9.17) is 10.2 Å². The predicted molar refractivity (Wildman–Crippen MR) is 60.2 cm³/mol. The van der Waals surface area contributed by atoms with E-state index in [0.717, 1.165) is 0 Å². The van der Waals surface area contributed by atoms with Crippen LogP contribution in [0.5, 0.6) is 0 Å². The maximum atomic E-state index is 11.2. The number of hydrogen-bond donors (Lipinski definition) is 5. The lowest BCUT2D eigenvalue weighted by Gasteiger charge is -2.25. The first kappa shape index (κ1) is 16.2. The van der Waals surface area contributed by atoms with E-state index in [2.05, 4.69) is 6.58 Å². The molecule has 6 heteroatoms. The molecule has 0 bridgehead atoms. The average molecular weight is 248 g/mol. The zero-order chi connectivity index (χ0) is 13.6. The van der Waals surface area contributed by atoms with Crippen LogP contribution in [0.4, 0.5) is 0 Å². The van der Waals surface area contributed by atoms with Gasteiger partial charge < -0.3 is 25.5 Å². The van der Waals surface area contributed by atoms with E-state index in [1.807, 2.05) is 0 Å². The van der Waals surface area contributed by atoms with Gasteiger partial charge in [-0.3, -0.25) is 4.79 Å². The van der Waals surface area contributed by atoms with Crippen LogP contribution in [-0.4, -0.2) is 62.3 Å². The zero-order valence-corrected chi connectivity index (χ0v) is 9.78. The Kier molecular flexibility index (Phi) is 7.17. The lowest BCUT2D eigenvalue weighted by Crippen LogP contribution is -2.46. The molecular weight excluding hydrogens is 228 g/mol. The van der Waals surface area contributed by atoms with Crippen molar-refractivity contribution in [1.29, 1.82) is 0 Å². The lowest BCUT2D eigenvalue weighted by atomic mass is 9.96. The van der Waals surface area contributed by atoms with Gasteiger partial charge in [-0.2, -0.15) is 0 Å². The molecule has 0 aliphatic rings. The summed E-state index contributed by atoms with van der Waals surface area (Å²) in [5.74, 6) is -0.242. The monoisotopic (exact) mass is 248 g/mol. The van der Waals surface area contributed by atoms with Gasteiger partial charge in [0.1, 0.15) is 18.3 Å². The van der Waals surface area contributed by atoms with Crippen molar-refractivity contribution in [2.75, 3.05) is 6.61 Å². The highest BCUT2D eigenvalue weighted by atomic mass is 16.4. The van der Waals surface area contributed by atoms with Gasteiger partial charge in [0.05, 0.1) is 12.7 Å². The van der Waals surface area contributed by atoms with Crippen LogP contribution in [0.15, 0.2) is 12.2 Å². The van der Waals surface area contributed by atoms with E-state index in [0.29, 0.717) is 0 Å². The summed E-state index contributed by atoms with van der Waals surface area (Å²) in [6, 6.07) is 0. The van der Waals surface area contributed by atoms with Crippen molar-refractivity contribution in [1.82, 2.24) is 0 Å². The molecule has 0 spiro atoms. The summed E-state index contributed by atoms with van der Waals surface area (Å²) >= 11 is 0. The Morgan fingerprint density at radius 3 is 2.00 bits per heavy atom. The molecule has 0 fully saturated rings. The first-order valence-electron chi connectivity index (χ1n) is 5.39. The average Bonchev–Trinajstić information content (AvgIpc) is 2.34. The van der Waals surface area contributed by atoms with Crippen LogP contribution in [0.2, 0.25) is 0 Å². The third-order valence-corrected chi connectivity index (χ3v) is 2.50. The summed E-state index contributed by atoms with van der Waals surface area (Å²) in [4.78, 5) is 11.2. The van der Waals surface area contributed by atoms with Crippen LogP contribution in [0.1, 0.15) is 19.8 Å². The summed E-state index contributed by atoms with van der Waals surface area (Å²) in [5, 5.41) is 46.0. The Balaban J connectivity index is 4.36. The topological polar surface area (TPSA) is 118 Å². The Hall–Kier alpha value is -0.790. The number of carbonyl (C=O) groups excluding carboxylic acids is 1. The molecule has 5 N–H and O–H groups in total. The molecule has 0 amide bonds. The molecule has 0 heterocycles. The minimum absolute atomic E-state index is 0.143. The van der Waals surface area contributed by atoms with Crippen molar-refractivity contribution in [2.24, 2.45) is 0 Å². The van der Waals surface area contributed by atoms with Gasteiger partial charge >= 0.3 is 0 Å². The van der Waals surface area contributed by atoms with E-state index >= 15 is 0 Å². The molecule has 17 heavy (non-hydrogen) atoms. The molecule has 100 valence electrons. The summed E-state index contributed by atoms with van der Waals surface area (Å²) in [6.07, 6.45) is -6.26. The maximum Gasteiger partial charge on any atom is 0.158 e. The third-order valence-electron chi connectivity index (χ3n) is 2.50. The summed E-state index contributed by atoms with van der Waals surface area (Å²) in [7, 11) is 0. The first-order valence-corrected chi connectivity index (χ1v) is 5.39. The number of aliphatic hydroxyl groups excluding tert-OH is 5. The Morgan fingerprint density at radius 2 is 1.59 bits per heavy atom. The van der Waals surface area contributed by atoms with Gasteiger partial charge in [-0.15, -0.1) is 0 Å². The van der Waals surface area contributed by atoms with Crippen LogP contribution >= 0.6 is 0 Å². The van der Waals surface area contributed by atoms with Gasteiger partial charge in [0.25, 0.3) is 0 Å². The molecule has 0 rings (SSSR count). The van der Waals surface area contributed by atoms with Crippen LogP contribution in [0, 0.1) is 0 Å². The molecule has 4 atom stereocenters. The Morgan fingerprint density at radius 1 is 1.12 bits per heavy atom. The number of Topliss-reactive ketones (excluding diaryl/α,β-unsaturated/α-hetero) is 1.